The Morgan fingerprint density at radius 3 is 2.62 bits per heavy atom. The number of aromatic nitrogens is 2. The molecule has 0 saturated heterocycles. The molecule has 0 aliphatic heterocycles. The summed E-state index contributed by atoms with van der Waals surface area (Å²) in [5.74, 6) is 0. The molecule has 0 saturated carbocycles. The Morgan fingerprint density at radius 2 is 1.94 bits per heavy atom. The molecule has 0 bridgehead atoms. The van der Waals surface area contributed by atoms with Crippen LogP contribution in [0.4, 0.5) is 0 Å². The number of nitrogens with zero attached hydrogens (tertiary/aromatic N) is 2. The van der Waals surface area contributed by atoms with Crippen LogP contribution in [-0.2, 0) is 6.42 Å². The van der Waals surface area contributed by atoms with Crippen LogP contribution in [0.25, 0.3) is 0 Å². The van der Waals surface area contributed by atoms with Crippen LogP contribution in [0.5, 0.6) is 0 Å². The summed E-state index contributed by atoms with van der Waals surface area (Å²) in [4.78, 5) is 8.26. The van der Waals surface area contributed by atoms with Gasteiger partial charge in [-0.05, 0) is 52.2 Å². The van der Waals surface area contributed by atoms with Gasteiger partial charge in [0.2, 0.25) is 0 Å². The molecule has 0 spiro atoms. The number of hydrogen-bond donors (Lipinski definition) is 1. The molecule has 0 aliphatic rings. The fraction of sp³-hybridized carbons (Fsp3) is 0.167. The zero-order valence-corrected chi connectivity index (χ0v) is 10.3. The Hall–Kier alpha value is -1.26. The van der Waals surface area contributed by atoms with Gasteiger partial charge in [0.1, 0.15) is 0 Å². The Labute approximate surface area is 103 Å². The van der Waals surface area contributed by atoms with Gasteiger partial charge in [-0.25, -0.2) is 0 Å². The van der Waals surface area contributed by atoms with Crippen LogP contribution in [0.1, 0.15) is 17.3 Å². The molecule has 2 rings (SSSR count). The van der Waals surface area contributed by atoms with Crippen LogP contribution in [0.3, 0.4) is 0 Å². The number of nitrogens with two attached hydrogens (primary N) is 1. The minimum Gasteiger partial charge on any atom is -0.322 e. The second-order valence-corrected chi connectivity index (χ2v) is 4.39. The molecule has 0 amide bonds. The molecule has 2 aromatic heterocycles. The van der Waals surface area contributed by atoms with Crippen LogP contribution in [0, 0.1) is 0 Å². The average Bonchev–Trinajstić information content (AvgIpc) is 2.31. The fourth-order valence-corrected chi connectivity index (χ4v) is 2.09. The van der Waals surface area contributed by atoms with Crippen molar-refractivity contribution in [2.75, 3.05) is 0 Å². The lowest BCUT2D eigenvalue weighted by molar-refractivity contribution is 0.691. The highest BCUT2D eigenvalue weighted by Gasteiger charge is 2.11. The minimum absolute atomic E-state index is 0.0991. The van der Waals surface area contributed by atoms with Crippen LogP contribution < -0.4 is 5.73 Å². The van der Waals surface area contributed by atoms with E-state index in [4.69, 9.17) is 5.73 Å². The van der Waals surface area contributed by atoms with Crippen molar-refractivity contribution in [3.8, 4) is 0 Å². The lowest BCUT2D eigenvalue weighted by Gasteiger charge is -2.12. The maximum Gasteiger partial charge on any atom is 0.0716 e. The van der Waals surface area contributed by atoms with Crippen molar-refractivity contribution in [2.45, 2.75) is 12.5 Å². The summed E-state index contributed by atoms with van der Waals surface area (Å²) >= 11 is 3.46. The zero-order valence-electron chi connectivity index (χ0n) is 8.68. The van der Waals surface area contributed by atoms with Crippen LogP contribution >= 0.6 is 15.9 Å². The lowest BCUT2D eigenvalue weighted by atomic mass is 10.0. The van der Waals surface area contributed by atoms with Gasteiger partial charge in [0.15, 0.2) is 0 Å². The highest BCUT2D eigenvalue weighted by atomic mass is 79.9. The van der Waals surface area contributed by atoms with E-state index in [0.717, 1.165) is 16.6 Å². The van der Waals surface area contributed by atoms with Gasteiger partial charge in [-0.2, -0.15) is 0 Å². The Kier molecular flexibility index (Phi) is 3.64. The average molecular weight is 278 g/mol. The summed E-state index contributed by atoms with van der Waals surface area (Å²) in [7, 11) is 0. The topological polar surface area (TPSA) is 51.8 Å². The Morgan fingerprint density at radius 1 is 1.19 bits per heavy atom. The van der Waals surface area contributed by atoms with Crippen molar-refractivity contribution in [2.24, 2.45) is 5.73 Å². The number of hydrogen-bond acceptors (Lipinski definition) is 3. The minimum atomic E-state index is -0.0991. The van der Waals surface area contributed by atoms with Crippen molar-refractivity contribution >= 4 is 15.9 Å². The Balaban J connectivity index is 2.15. The molecule has 2 aromatic rings. The molecule has 16 heavy (non-hydrogen) atoms. The van der Waals surface area contributed by atoms with E-state index in [1.807, 2.05) is 24.3 Å². The lowest BCUT2D eigenvalue weighted by Crippen LogP contribution is -2.15. The predicted molar refractivity (Wildman–Crippen MR) is 66.8 cm³/mol. The summed E-state index contributed by atoms with van der Waals surface area (Å²) in [6, 6.07) is 7.67. The van der Waals surface area contributed by atoms with Crippen molar-refractivity contribution in [3.05, 3.63) is 58.6 Å². The molecule has 1 unspecified atom stereocenters. The second-order valence-electron chi connectivity index (χ2n) is 3.54. The first-order valence-corrected chi connectivity index (χ1v) is 5.81. The van der Waals surface area contributed by atoms with Gasteiger partial charge in [0.05, 0.1) is 11.7 Å². The van der Waals surface area contributed by atoms with Gasteiger partial charge in [-0.1, -0.05) is 0 Å². The van der Waals surface area contributed by atoms with Gasteiger partial charge in [-0.3, -0.25) is 9.97 Å². The van der Waals surface area contributed by atoms with E-state index in [1.165, 1.54) is 5.56 Å². The quantitative estimate of drug-likeness (QED) is 0.938. The molecule has 4 heteroatoms. The summed E-state index contributed by atoms with van der Waals surface area (Å²) in [6.45, 7) is 0. The molecule has 1 atom stereocenters. The van der Waals surface area contributed by atoms with Crippen molar-refractivity contribution < 1.29 is 0 Å². The Bertz CT molecular complexity index is 459. The smallest absolute Gasteiger partial charge is 0.0716 e. The van der Waals surface area contributed by atoms with Gasteiger partial charge < -0.3 is 5.73 Å². The van der Waals surface area contributed by atoms with Crippen LogP contribution in [-0.4, -0.2) is 9.97 Å². The largest absolute Gasteiger partial charge is 0.322 e. The fourth-order valence-electron chi connectivity index (χ4n) is 1.54. The first-order chi connectivity index (χ1) is 7.77. The molecule has 2 N–H and O–H groups in total. The maximum atomic E-state index is 6.11. The van der Waals surface area contributed by atoms with Gasteiger partial charge in [0, 0.05) is 23.1 Å². The highest BCUT2D eigenvalue weighted by molar-refractivity contribution is 9.10. The molecule has 82 valence electrons. The number of halogens is 1. The summed E-state index contributed by atoms with van der Waals surface area (Å²) in [5.41, 5.74) is 8.17. The monoisotopic (exact) mass is 277 g/mol. The van der Waals surface area contributed by atoms with Crippen molar-refractivity contribution in [1.29, 1.82) is 0 Å². The van der Waals surface area contributed by atoms with Crippen molar-refractivity contribution in [1.82, 2.24) is 9.97 Å². The molecule has 0 aromatic carbocycles. The molecule has 0 fully saturated rings. The van der Waals surface area contributed by atoms with Gasteiger partial charge >= 0.3 is 0 Å². The third-order valence-corrected chi connectivity index (χ3v) is 3.01. The molecule has 0 radical (unpaired) electrons. The van der Waals surface area contributed by atoms with Crippen molar-refractivity contribution in [3.63, 3.8) is 0 Å². The van der Waals surface area contributed by atoms with E-state index in [-0.39, 0.29) is 6.04 Å². The molecule has 3 nitrogen and oxygen atoms in total. The normalized spacial score (nSPS) is 12.4. The molecular weight excluding hydrogens is 266 g/mol. The van der Waals surface area contributed by atoms with E-state index >= 15 is 0 Å². The van der Waals surface area contributed by atoms with Gasteiger partial charge in [-0.15, -0.1) is 0 Å². The van der Waals surface area contributed by atoms with E-state index < -0.39 is 0 Å². The second kappa shape index (κ2) is 5.18. The van der Waals surface area contributed by atoms with Gasteiger partial charge in [0.25, 0.3) is 0 Å². The summed E-state index contributed by atoms with van der Waals surface area (Å²) in [6.07, 6.45) is 6.07. The summed E-state index contributed by atoms with van der Waals surface area (Å²) in [5, 5.41) is 0. The van der Waals surface area contributed by atoms with E-state index in [1.54, 1.807) is 18.6 Å². The van der Waals surface area contributed by atoms with E-state index in [0.29, 0.717) is 0 Å². The third kappa shape index (κ3) is 2.65. The van der Waals surface area contributed by atoms with Crippen LogP contribution in [0.15, 0.2) is 47.3 Å². The molecule has 0 aliphatic carbocycles. The summed E-state index contributed by atoms with van der Waals surface area (Å²) < 4.78 is 0.955. The molecule has 2 heterocycles. The molecular formula is C12H12BrN3. The van der Waals surface area contributed by atoms with E-state index in [9.17, 15) is 0 Å². The highest BCUT2D eigenvalue weighted by Crippen LogP contribution is 2.21. The standard InChI is InChI=1S/C12H12BrN3/c13-10-2-1-5-16-12(10)11(14)8-9-3-6-15-7-4-9/h1-7,11H,8,14H2. The van der Waals surface area contributed by atoms with Crippen LogP contribution in [0.2, 0.25) is 0 Å². The first kappa shape index (κ1) is 11.2. The van der Waals surface area contributed by atoms with E-state index in [2.05, 4.69) is 25.9 Å². The number of pyridine rings is 2. The zero-order chi connectivity index (χ0) is 11.4. The first-order valence-electron chi connectivity index (χ1n) is 5.02. The maximum absolute atomic E-state index is 6.11. The number of rotatable bonds is 3. The SMILES string of the molecule is NC(Cc1ccncc1)c1ncccc1Br. The predicted octanol–water partition coefficient (Wildman–Crippen LogP) is 2.48. The third-order valence-electron chi connectivity index (χ3n) is 2.34.